The van der Waals surface area contributed by atoms with Crippen LogP contribution in [-0.2, 0) is 17.7 Å². The number of fused-ring (bicyclic) bond motifs is 3. The fourth-order valence-electron chi connectivity index (χ4n) is 5.23. The minimum atomic E-state index is -0.327. The molecule has 0 amide bonds. The first-order valence-corrected chi connectivity index (χ1v) is 11.1. The van der Waals surface area contributed by atoms with Gasteiger partial charge in [-0.1, -0.05) is 38.5 Å². The van der Waals surface area contributed by atoms with E-state index in [1.54, 1.807) is 0 Å². The monoisotopic (exact) mass is 396 g/mol. The summed E-state index contributed by atoms with van der Waals surface area (Å²) in [6.45, 7) is 4.74. The third-order valence-corrected chi connectivity index (χ3v) is 6.89. The largest absolute Gasteiger partial charge is 0.459 e. The second-order valence-electron chi connectivity index (χ2n) is 8.58. The highest BCUT2D eigenvalue weighted by Gasteiger charge is 2.40. The van der Waals surface area contributed by atoms with Gasteiger partial charge in [0.1, 0.15) is 6.10 Å². The Bertz CT molecular complexity index is 950. The van der Waals surface area contributed by atoms with Gasteiger partial charge in [-0.3, -0.25) is 4.79 Å². The van der Waals surface area contributed by atoms with Gasteiger partial charge in [0.2, 0.25) is 0 Å². The molecule has 3 heterocycles. The number of aromatic nitrogens is 1. The second-order valence-corrected chi connectivity index (χ2v) is 8.58. The lowest BCUT2D eigenvalue weighted by atomic mass is 9.99. The Balaban J connectivity index is 1.71. The van der Waals surface area contributed by atoms with Crippen LogP contribution < -0.4 is 5.56 Å². The lowest BCUT2D eigenvalue weighted by Crippen LogP contribution is -2.43. The number of carbonyl (C=O) groups is 1. The van der Waals surface area contributed by atoms with Crippen LogP contribution in [0.1, 0.15) is 68.3 Å². The number of pyridine rings is 1. The van der Waals surface area contributed by atoms with E-state index in [-0.39, 0.29) is 17.6 Å². The molecule has 2 fully saturated rings. The van der Waals surface area contributed by atoms with Crippen molar-refractivity contribution in [2.45, 2.75) is 83.5 Å². The number of benzene rings is 1. The number of para-hydroxylation sites is 1. The molecular weight excluding hydrogens is 364 g/mol. The molecule has 1 aromatic carbocycles. The molecule has 0 spiro atoms. The highest BCUT2D eigenvalue weighted by Crippen LogP contribution is 2.36. The highest BCUT2D eigenvalue weighted by atomic mass is 16.5. The number of hydrogen-bond donors (Lipinski definition) is 0. The third-order valence-electron chi connectivity index (χ3n) is 6.89. The van der Waals surface area contributed by atoms with Gasteiger partial charge in [-0.25, -0.2) is 4.79 Å². The summed E-state index contributed by atoms with van der Waals surface area (Å²) in [4.78, 5) is 29.0. The van der Waals surface area contributed by atoms with Crippen LogP contribution in [0.5, 0.6) is 0 Å². The van der Waals surface area contributed by atoms with Gasteiger partial charge in [-0.2, -0.15) is 0 Å². The minimum absolute atomic E-state index is 0.0463. The van der Waals surface area contributed by atoms with Gasteiger partial charge in [0.05, 0.1) is 11.1 Å². The van der Waals surface area contributed by atoms with Crippen molar-refractivity contribution in [1.82, 2.24) is 9.47 Å². The van der Waals surface area contributed by atoms with Crippen LogP contribution in [0.15, 0.2) is 29.1 Å². The summed E-state index contributed by atoms with van der Waals surface area (Å²) < 4.78 is 7.86. The SMILES string of the molecule is CCCCn1c(=O)c(CC)c(C(=O)OC2C[C@H]3CC[C@@H](C2)N3C)c2ccccc21. The fourth-order valence-corrected chi connectivity index (χ4v) is 5.23. The molecule has 2 bridgehead atoms. The average Bonchev–Trinajstić information content (AvgIpc) is 2.92. The molecule has 2 aliphatic heterocycles. The number of unbranched alkanes of at least 4 members (excludes halogenated alkanes) is 1. The average molecular weight is 397 g/mol. The molecule has 4 rings (SSSR count). The number of rotatable bonds is 6. The van der Waals surface area contributed by atoms with E-state index >= 15 is 0 Å². The van der Waals surface area contributed by atoms with Gasteiger partial charge in [0.15, 0.2) is 0 Å². The van der Waals surface area contributed by atoms with Crippen molar-refractivity contribution >= 4 is 16.9 Å². The maximum atomic E-state index is 13.3. The Morgan fingerprint density at radius 3 is 2.48 bits per heavy atom. The first-order chi connectivity index (χ1) is 14.0. The molecule has 2 aliphatic rings. The molecule has 5 nitrogen and oxygen atoms in total. The van der Waals surface area contributed by atoms with Crippen molar-refractivity contribution in [3.05, 3.63) is 45.7 Å². The number of piperidine rings is 1. The summed E-state index contributed by atoms with van der Waals surface area (Å²) >= 11 is 0. The predicted molar refractivity (Wildman–Crippen MR) is 116 cm³/mol. The van der Waals surface area contributed by atoms with E-state index < -0.39 is 0 Å². The number of aryl methyl sites for hydroxylation is 1. The zero-order valence-electron chi connectivity index (χ0n) is 17.8. The van der Waals surface area contributed by atoms with Crippen molar-refractivity contribution in [3.63, 3.8) is 0 Å². The van der Waals surface area contributed by atoms with Gasteiger partial charge in [-0.05, 0) is 38.8 Å². The Morgan fingerprint density at radius 2 is 1.83 bits per heavy atom. The van der Waals surface area contributed by atoms with E-state index in [1.165, 1.54) is 12.8 Å². The van der Waals surface area contributed by atoms with E-state index in [1.807, 2.05) is 35.8 Å². The van der Waals surface area contributed by atoms with Crippen LogP contribution in [0.2, 0.25) is 0 Å². The molecule has 2 saturated heterocycles. The van der Waals surface area contributed by atoms with Crippen molar-refractivity contribution in [3.8, 4) is 0 Å². The summed E-state index contributed by atoms with van der Waals surface area (Å²) in [5.74, 6) is -0.327. The normalized spacial score (nSPS) is 24.2. The molecule has 0 saturated carbocycles. The topological polar surface area (TPSA) is 51.5 Å². The lowest BCUT2D eigenvalue weighted by molar-refractivity contribution is -0.000380. The van der Waals surface area contributed by atoms with Crippen LogP contribution >= 0.6 is 0 Å². The van der Waals surface area contributed by atoms with Gasteiger partial charge in [0, 0.05) is 42.4 Å². The Labute approximate surface area is 172 Å². The van der Waals surface area contributed by atoms with Crippen molar-refractivity contribution in [1.29, 1.82) is 0 Å². The Hall–Kier alpha value is -2.14. The number of hydrogen-bond acceptors (Lipinski definition) is 4. The standard InChI is InChI=1S/C24H32N2O3/c1-4-6-13-26-21-10-8-7-9-20(21)22(19(5-2)23(26)27)24(28)29-18-14-16-11-12-17(15-18)25(16)3/h7-10,16-18H,4-6,11-15H2,1-3H3/t16-,17+,18?. The molecular formula is C24H32N2O3. The third kappa shape index (κ3) is 3.61. The Morgan fingerprint density at radius 1 is 1.14 bits per heavy atom. The van der Waals surface area contributed by atoms with Crippen molar-refractivity contribution in [2.75, 3.05) is 7.05 Å². The fraction of sp³-hybridized carbons (Fsp3) is 0.583. The van der Waals surface area contributed by atoms with Crippen LogP contribution in [-0.4, -0.2) is 40.7 Å². The van der Waals surface area contributed by atoms with E-state index in [0.29, 0.717) is 36.2 Å². The van der Waals surface area contributed by atoms with Crippen LogP contribution in [0.4, 0.5) is 0 Å². The molecule has 29 heavy (non-hydrogen) atoms. The van der Waals surface area contributed by atoms with E-state index in [4.69, 9.17) is 4.74 Å². The minimum Gasteiger partial charge on any atom is -0.459 e. The number of nitrogens with zero attached hydrogens (tertiary/aromatic N) is 2. The summed E-state index contributed by atoms with van der Waals surface area (Å²) in [7, 11) is 2.18. The summed E-state index contributed by atoms with van der Waals surface area (Å²) in [6.07, 6.45) is 6.59. The summed E-state index contributed by atoms with van der Waals surface area (Å²) in [5, 5.41) is 0.834. The van der Waals surface area contributed by atoms with Gasteiger partial charge in [-0.15, -0.1) is 0 Å². The predicted octanol–water partition coefficient (Wildman–Crippen LogP) is 4.15. The molecule has 1 aromatic heterocycles. The van der Waals surface area contributed by atoms with Gasteiger partial charge < -0.3 is 14.2 Å². The molecule has 3 atom stereocenters. The van der Waals surface area contributed by atoms with E-state index in [0.717, 1.165) is 36.6 Å². The lowest BCUT2D eigenvalue weighted by Gasteiger charge is -2.35. The number of esters is 1. The molecule has 5 heteroatoms. The van der Waals surface area contributed by atoms with Crippen LogP contribution in [0.3, 0.4) is 0 Å². The van der Waals surface area contributed by atoms with Crippen molar-refractivity contribution in [2.24, 2.45) is 0 Å². The summed E-state index contributed by atoms with van der Waals surface area (Å²) in [5.41, 5.74) is 1.85. The van der Waals surface area contributed by atoms with Crippen LogP contribution in [0.25, 0.3) is 10.9 Å². The van der Waals surface area contributed by atoms with Crippen molar-refractivity contribution < 1.29 is 9.53 Å². The van der Waals surface area contributed by atoms with E-state index in [2.05, 4.69) is 18.9 Å². The Kier molecular flexibility index (Phi) is 5.77. The first-order valence-electron chi connectivity index (χ1n) is 11.1. The first kappa shape index (κ1) is 20.1. The number of carbonyl (C=O) groups excluding carboxylic acids is 1. The maximum absolute atomic E-state index is 13.3. The quantitative estimate of drug-likeness (QED) is 0.689. The molecule has 156 valence electrons. The van der Waals surface area contributed by atoms with Gasteiger partial charge in [0.25, 0.3) is 5.56 Å². The van der Waals surface area contributed by atoms with E-state index in [9.17, 15) is 9.59 Å². The summed E-state index contributed by atoms with van der Waals surface area (Å²) in [6, 6.07) is 8.78. The maximum Gasteiger partial charge on any atom is 0.339 e. The molecule has 0 N–H and O–H groups in total. The molecule has 1 unspecified atom stereocenters. The number of ether oxygens (including phenoxy) is 1. The zero-order chi connectivity index (χ0) is 20.5. The molecule has 2 aromatic rings. The molecule has 0 radical (unpaired) electrons. The van der Waals surface area contributed by atoms with Gasteiger partial charge >= 0.3 is 5.97 Å². The zero-order valence-corrected chi connectivity index (χ0v) is 17.8. The second kappa shape index (κ2) is 8.31. The van der Waals surface area contributed by atoms with Crippen LogP contribution in [0, 0.1) is 0 Å². The smallest absolute Gasteiger partial charge is 0.339 e. The molecule has 0 aliphatic carbocycles. The highest BCUT2D eigenvalue weighted by molar-refractivity contribution is 6.04.